The molecule has 1 heterocycles. The van der Waals surface area contributed by atoms with E-state index in [0.29, 0.717) is 19.6 Å². The van der Waals surface area contributed by atoms with Crippen LogP contribution in [-0.4, -0.2) is 41.6 Å². The zero-order valence-electron chi connectivity index (χ0n) is 10.7. The second-order valence-corrected chi connectivity index (χ2v) is 4.84. The van der Waals surface area contributed by atoms with Crippen LogP contribution in [0.2, 0.25) is 0 Å². The molecule has 0 aliphatic carbocycles. The van der Waals surface area contributed by atoms with Crippen LogP contribution < -0.4 is 5.32 Å². The van der Waals surface area contributed by atoms with Crippen molar-refractivity contribution >= 4 is 12.0 Å². The molecule has 1 aliphatic rings. The lowest BCUT2D eigenvalue weighted by atomic mass is 9.97. The van der Waals surface area contributed by atoms with Crippen molar-refractivity contribution in [2.45, 2.75) is 12.8 Å². The monoisotopic (exact) mass is 262 g/mol. The van der Waals surface area contributed by atoms with Crippen LogP contribution in [0.25, 0.3) is 0 Å². The van der Waals surface area contributed by atoms with Gasteiger partial charge in [0.2, 0.25) is 0 Å². The molecule has 2 N–H and O–H groups in total. The Morgan fingerprint density at radius 1 is 1.26 bits per heavy atom. The highest BCUT2D eigenvalue weighted by Crippen LogP contribution is 2.18. The highest BCUT2D eigenvalue weighted by molar-refractivity contribution is 5.75. The first kappa shape index (κ1) is 13.4. The zero-order valence-corrected chi connectivity index (χ0v) is 10.7. The second kappa shape index (κ2) is 6.22. The number of rotatable bonds is 5. The topological polar surface area (TPSA) is 69.6 Å². The molecule has 102 valence electrons. The molecule has 1 fully saturated rings. The Kier molecular flexibility index (Phi) is 4.39. The van der Waals surface area contributed by atoms with E-state index in [0.717, 1.165) is 6.42 Å². The minimum absolute atomic E-state index is 0.0995. The van der Waals surface area contributed by atoms with Gasteiger partial charge in [-0.25, -0.2) is 4.79 Å². The molecule has 5 nitrogen and oxygen atoms in total. The first-order valence-corrected chi connectivity index (χ1v) is 6.43. The zero-order chi connectivity index (χ0) is 13.7. The number of amides is 2. The third-order valence-electron chi connectivity index (χ3n) is 3.24. The van der Waals surface area contributed by atoms with Crippen molar-refractivity contribution < 1.29 is 14.7 Å². The molecule has 19 heavy (non-hydrogen) atoms. The molecular formula is C14H18N2O3. The first-order valence-electron chi connectivity index (χ1n) is 6.43. The largest absolute Gasteiger partial charge is 0.481 e. The fraction of sp³-hybridized carbons (Fsp3) is 0.429. The number of nitrogens with one attached hydrogen (secondary N) is 1. The number of carboxylic acids is 1. The normalized spacial score (nSPS) is 14.8. The SMILES string of the molecule is O=C(O)CC1CN(C(=O)NCCc2ccccc2)C1. The first-order chi connectivity index (χ1) is 9.15. The number of likely N-dealkylation sites (tertiary alicyclic amines) is 1. The van der Waals surface area contributed by atoms with Gasteiger partial charge in [0.15, 0.2) is 0 Å². The molecule has 1 aromatic carbocycles. The minimum atomic E-state index is -0.797. The summed E-state index contributed by atoms with van der Waals surface area (Å²) >= 11 is 0. The Morgan fingerprint density at radius 2 is 1.95 bits per heavy atom. The minimum Gasteiger partial charge on any atom is -0.481 e. The molecule has 0 aromatic heterocycles. The summed E-state index contributed by atoms with van der Waals surface area (Å²) < 4.78 is 0. The fourth-order valence-electron chi connectivity index (χ4n) is 2.18. The molecular weight excluding hydrogens is 244 g/mol. The van der Waals surface area contributed by atoms with Gasteiger partial charge < -0.3 is 15.3 Å². The Bertz CT molecular complexity index is 441. The molecule has 0 saturated carbocycles. The highest BCUT2D eigenvalue weighted by atomic mass is 16.4. The number of hydrogen-bond donors (Lipinski definition) is 2. The molecule has 0 radical (unpaired) electrons. The van der Waals surface area contributed by atoms with Gasteiger partial charge in [0.05, 0.1) is 6.42 Å². The number of aliphatic carboxylic acids is 1. The van der Waals surface area contributed by atoms with Crippen LogP contribution in [0.5, 0.6) is 0 Å². The summed E-state index contributed by atoms with van der Waals surface area (Å²) in [6.07, 6.45) is 0.951. The Balaban J connectivity index is 1.62. The van der Waals surface area contributed by atoms with Gasteiger partial charge in [0.25, 0.3) is 0 Å². The number of benzene rings is 1. The van der Waals surface area contributed by atoms with Crippen molar-refractivity contribution in [3.63, 3.8) is 0 Å². The number of nitrogens with zero attached hydrogens (tertiary/aromatic N) is 1. The second-order valence-electron chi connectivity index (χ2n) is 4.84. The van der Waals surface area contributed by atoms with Crippen molar-refractivity contribution in [1.29, 1.82) is 0 Å². The Hall–Kier alpha value is -2.04. The van der Waals surface area contributed by atoms with Crippen molar-refractivity contribution in [2.75, 3.05) is 19.6 Å². The lowest BCUT2D eigenvalue weighted by Gasteiger charge is -2.38. The van der Waals surface area contributed by atoms with E-state index >= 15 is 0 Å². The Morgan fingerprint density at radius 3 is 2.58 bits per heavy atom. The predicted molar refractivity (Wildman–Crippen MR) is 70.9 cm³/mol. The van der Waals surface area contributed by atoms with E-state index in [-0.39, 0.29) is 18.4 Å². The standard InChI is InChI=1S/C14H18N2O3/c17-13(18)8-12-9-16(10-12)14(19)15-7-6-11-4-2-1-3-5-11/h1-5,12H,6-10H2,(H,15,19)(H,17,18). The van der Waals surface area contributed by atoms with E-state index in [9.17, 15) is 9.59 Å². The van der Waals surface area contributed by atoms with Crippen LogP contribution in [0.3, 0.4) is 0 Å². The smallest absolute Gasteiger partial charge is 0.317 e. The van der Waals surface area contributed by atoms with Gasteiger partial charge in [-0.2, -0.15) is 0 Å². The number of carboxylic acid groups (broad SMARTS) is 1. The van der Waals surface area contributed by atoms with Crippen LogP contribution >= 0.6 is 0 Å². The summed E-state index contributed by atoms with van der Waals surface area (Å²) in [7, 11) is 0. The van der Waals surface area contributed by atoms with E-state index in [4.69, 9.17) is 5.11 Å². The summed E-state index contributed by atoms with van der Waals surface area (Å²) in [6, 6.07) is 9.87. The molecule has 1 saturated heterocycles. The van der Waals surface area contributed by atoms with E-state index in [1.807, 2.05) is 30.3 Å². The lowest BCUT2D eigenvalue weighted by Crippen LogP contribution is -2.54. The van der Waals surface area contributed by atoms with Crippen LogP contribution in [0, 0.1) is 5.92 Å². The van der Waals surface area contributed by atoms with Gasteiger partial charge in [-0.3, -0.25) is 4.79 Å². The molecule has 2 rings (SSSR count). The van der Waals surface area contributed by atoms with E-state index in [1.54, 1.807) is 4.90 Å². The van der Waals surface area contributed by atoms with E-state index in [2.05, 4.69) is 5.32 Å². The summed E-state index contributed by atoms with van der Waals surface area (Å²) in [5.74, 6) is -0.688. The van der Waals surface area contributed by atoms with Gasteiger partial charge in [0.1, 0.15) is 0 Å². The highest BCUT2D eigenvalue weighted by Gasteiger charge is 2.31. The fourth-order valence-corrected chi connectivity index (χ4v) is 2.18. The molecule has 0 atom stereocenters. The molecule has 1 aromatic rings. The van der Waals surface area contributed by atoms with Gasteiger partial charge >= 0.3 is 12.0 Å². The summed E-state index contributed by atoms with van der Waals surface area (Å²) in [4.78, 5) is 23.9. The molecule has 2 amide bonds. The van der Waals surface area contributed by atoms with E-state index in [1.165, 1.54) is 5.56 Å². The number of urea groups is 1. The predicted octanol–water partition coefficient (Wildman–Crippen LogP) is 1.35. The number of carbonyl (C=O) groups excluding carboxylic acids is 1. The van der Waals surface area contributed by atoms with Crippen LogP contribution in [0.1, 0.15) is 12.0 Å². The summed E-state index contributed by atoms with van der Waals surface area (Å²) in [6.45, 7) is 1.69. The summed E-state index contributed by atoms with van der Waals surface area (Å²) in [5.41, 5.74) is 1.19. The molecule has 0 spiro atoms. The molecule has 0 unspecified atom stereocenters. The lowest BCUT2D eigenvalue weighted by molar-refractivity contribution is -0.139. The van der Waals surface area contributed by atoms with Crippen molar-refractivity contribution in [1.82, 2.24) is 10.2 Å². The van der Waals surface area contributed by atoms with Crippen LogP contribution in [-0.2, 0) is 11.2 Å². The molecule has 0 bridgehead atoms. The molecule has 5 heteroatoms. The van der Waals surface area contributed by atoms with E-state index < -0.39 is 5.97 Å². The third kappa shape index (κ3) is 3.98. The van der Waals surface area contributed by atoms with Gasteiger partial charge in [-0.1, -0.05) is 30.3 Å². The molecule has 1 aliphatic heterocycles. The summed E-state index contributed by atoms with van der Waals surface area (Å²) in [5, 5.41) is 11.5. The van der Waals surface area contributed by atoms with Crippen molar-refractivity contribution in [3.8, 4) is 0 Å². The van der Waals surface area contributed by atoms with Crippen LogP contribution in [0.15, 0.2) is 30.3 Å². The van der Waals surface area contributed by atoms with Gasteiger partial charge in [-0.05, 0) is 12.0 Å². The van der Waals surface area contributed by atoms with Crippen molar-refractivity contribution in [3.05, 3.63) is 35.9 Å². The third-order valence-corrected chi connectivity index (χ3v) is 3.24. The Labute approximate surface area is 112 Å². The quantitative estimate of drug-likeness (QED) is 0.841. The van der Waals surface area contributed by atoms with Gasteiger partial charge in [0, 0.05) is 25.6 Å². The maximum absolute atomic E-state index is 11.7. The maximum Gasteiger partial charge on any atom is 0.317 e. The number of hydrogen-bond acceptors (Lipinski definition) is 2. The maximum atomic E-state index is 11.7. The van der Waals surface area contributed by atoms with Crippen LogP contribution in [0.4, 0.5) is 4.79 Å². The number of carbonyl (C=O) groups is 2. The van der Waals surface area contributed by atoms with Gasteiger partial charge in [-0.15, -0.1) is 0 Å². The average molecular weight is 262 g/mol. The van der Waals surface area contributed by atoms with Crippen molar-refractivity contribution in [2.24, 2.45) is 5.92 Å². The average Bonchev–Trinajstić information content (AvgIpc) is 2.34.